The fourth-order valence-corrected chi connectivity index (χ4v) is 26.5. The van der Waals surface area contributed by atoms with Gasteiger partial charge in [-0.15, -0.1) is 9.24 Å². The third-order valence-corrected chi connectivity index (χ3v) is 24.5. The van der Waals surface area contributed by atoms with Crippen LogP contribution >= 0.6 is 17.2 Å². The molecule has 2 heterocycles. The lowest BCUT2D eigenvalue weighted by Gasteiger charge is -2.68. The minimum atomic E-state index is -1.70. The van der Waals surface area contributed by atoms with E-state index >= 15 is 0 Å². The van der Waals surface area contributed by atoms with Crippen molar-refractivity contribution in [3.63, 3.8) is 0 Å². The van der Waals surface area contributed by atoms with E-state index in [1.807, 2.05) is 36.9 Å². The van der Waals surface area contributed by atoms with Crippen LogP contribution < -0.4 is 0 Å². The third-order valence-electron chi connectivity index (χ3n) is 14.8. The second kappa shape index (κ2) is 11.7. The molecule has 0 N–H and O–H groups in total. The molecular weight excluding hydrogens is 667 g/mol. The normalized spacial score (nSPS) is 38.8. The maximum absolute atomic E-state index is 5.02. The van der Waals surface area contributed by atoms with E-state index < -0.39 is 21.3 Å². The summed E-state index contributed by atoms with van der Waals surface area (Å²) in [6, 6.07) is 3.91. The molecule has 0 radical (unpaired) electrons. The van der Waals surface area contributed by atoms with Gasteiger partial charge in [0.1, 0.15) is 16.8 Å². The van der Waals surface area contributed by atoms with Crippen LogP contribution in [0.3, 0.4) is 0 Å². The van der Waals surface area contributed by atoms with Crippen LogP contribution in [0.5, 0.6) is 0 Å². The lowest BCUT2D eigenvalue weighted by Crippen LogP contribution is -2.57. The van der Waals surface area contributed by atoms with Gasteiger partial charge in [0.05, 0.1) is 16.1 Å². The van der Waals surface area contributed by atoms with Gasteiger partial charge in [-0.05, 0) is 152 Å². The largest absolute Gasteiger partial charge is 0.240 e. The first kappa shape index (κ1) is 33.7. The molecule has 11 rings (SSSR count). The minimum Gasteiger partial charge on any atom is -0.240 e. The van der Waals surface area contributed by atoms with Crippen molar-refractivity contribution < 1.29 is 0 Å². The van der Waals surface area contributed by atoms with Gasteiger partial charge in [0, 0.05) is 24.8 Å². The second-order valence-corrected chi connectivity index (χ2v) is 34.7. The SMILES string of the molecule is C[Si](C)(C)C1=CC(C(P)(c2ncccn2)c2ncccn2)=C(CP(C23CC4CC(CC(C4)C2)C3)C23CC4CC(CC(C4)C2)C3)C1[Si](C)(C)C. The Morgan fingerprint density at radius 2 is 1.02 bits per heavy atom. The highest BCUT2D eigenvalue weighted by Gasteiger charge is 2.63. The average Bonchev–Trinajstić information content (AvgIpc) is 3.44. The number of hydrogen-bond acceptors (Lipinski definition) is 4. The second-order valence-electron chi connectivity index (χ2n) is 20.4. The molecule has 2 aromatic heterocycles. The van der Waals surface area contributed by atoms with Crippen molar-refractivity contribution in [2.45, 2.75) is 137 Å². The van der Waals surface area contributed by atoms with Crippen molar-refractivity contribution in [3.05, 3.63) is 71.0 Å². The third kappa shape index (κ3) is 5.53. The summed E-state index contributed by atoms with van der Waals surface area (Å²) < 4.78 is 0. The van der Waals surface area contributed by atoms with Crippen LogP contribution in [-0.2, 0) is 5.16 Å². The smallest absolute Gasteiger partial charge is 0.150 e. The molecule has 2 unspecified atom stereocenters. The van der Waals surface area contributed by atoms with Gasteiger partial charge < -0.3 is 0 Å². The predicted molar refractivity (Wildman–Crippen MR) is 214 cm³/mol. The van der Waals surface area contributed by atoms with Gasteiger partial charge in [-0.2, -0.15) is 0 Å². The highest BCUT2D eigenvalue weighted by atomic mass is 31.1. The zero-order valence-electron chi connectivity index (χ0n) is 31.1. The summed E-state index contributed by atoms with van der Waals surface area (Å²) in [7, 11) is -0.278. The maximum Gasteiger partial charge on any atom is 0.150 e. The van der Waals surface area contributed by atoms with Gasteiger partial charge in [0.15, 0.2) is 0 Å². The standard InChI is InChI=1S/C41H60N4P2Si2/c1-48(2,3)35-19-34(41(46,37-42-9-7-10-43-37)38-44-11-8-12-45-38)33(36(35)49(4,5)6)26-47(39-20-27-13-28(21-39)15-29(14-27)22-39)40-23-30-16-31(24-40)18-32(17-30)25-40/h7-12,19,27-32,36H,13-18,20-26,46H2,1-6H3. The number of aromatic nitrogens is 4. The van der Waals surface area contributed by atoms with Gasteiger partial charge in [0.25, 0.3) is 0 Å². The van der Waals surface area contributed by atoms with Gasteiger partial charge in [-0.25, -0.2) is 19.9 Å². The fraction of sp³-hybridized carbons (Fsp3) is 0.707. The van der Waals surface area contributed by atoms with Gasteiger partial charge in [0.2, 0.25) is 0 Å². The van der Waals surface area contributed by atoms with Crippen molar-refractivity contribution in [1.82, 2.24) is 19.9 Å². The number of hydrogen-bond donors (Lipinski definition) is 0. The molecule has 8 saturated carbocycles. The summed E-state index contributed by atoms with van der Waals surface area (Å²) in [5.74, 6) is 7.67. The molecular formula is C41H60N4P2Si2. The van der Waals surface area contributed by atoms with Crippen molar-refractivity contribution in [3.8, 4) is 0 Å². The fourth-order valence-electron chi connectivity index (χ4n) is 14.0. The predicted octanol–water partition coefficient (Wildman–Crippen LogP) is 10.6. The number of rotatable bonds is 9. The zero-order valence-corrected chi connectivity index (χ0v) is 35.1. The lowest BCUT2D eigenvalue weighted by atomic mass is 9.55. The molecule has 9 aliphatic rings. The van der Waals surface area contributed by atoms with Crippen LogP contribution in [0.15, 0.2) is 59.3 Å². The Hall–Kier alpha value is -1.07. The molecule has 0 aliphatic heterocycles. The first-order valence-corrected chi connectivity index (χ1v) is 29.0. The van der Waals surface area contributed by atoms with E-state index in [2.05, 4.69) is 54.6 Å². The topological polar surface area (TPSA) is 51.6 Å². The summed E-state index contributed by atoms with van der Waals surface area (Å²) >= 11 is 0. The van der Waals surface area contributed by atoms with E-state index in [1.54, 1.807) is 87.8 Å². The quantitative estimate of drug-likeness (QED) is 0.191. The Kier molecular flexibility index (Phi) is 8.07. The van der Waals surface area contributed by atoms with Crippen LogP contribution in [0.4, 0.5) is 0 Å². The van der Waals surface area contributed by atoms with Crippen LogP contribution in [0, 0.1) is 35.5 Å². The first-order chi connectivity index (χ1) is 23.3. The summed E-state index contributed by atoms with van der Waals surface area (Å²) in [5, 5.41) is 2.30. The van der Waals surface area contributed by atoms with Crippen molar-refractivity contribution in [2.24, 2.45) is 35.5 Å². The molecule has 8 bridgehead atoms. The summed E-state index contributed by atoms with van der Waals surface area (Å²) in [4.78, 5) is 20.1. The zero-order chi connectivity index (χ0) is 34.0. The van der Waals surface area contributed by atoms with E-state index in [-0.39, 0.29) is 7.92 Å². The van der Waals surface area contributed by atoms with E-state index in [1.165, 1.54) is 11.7 Å². The van der Waals surface area contributed by atoms with Gasteiger partial charge in [-0.1, -0.05) is 64.0 Å². The Labute approximate surface area is 302 Å². The van der Waals surface area contributed by atoms with Crippen molar-refractivity contribution in [2.75, 3.05) is 6.16 Å². The Balaban J connectivity index is 1.27. The first-order valence-electron chi connectivity index (χ1n) is 19.8. The Bertz CT molecular complexity index is 1510. The van der Waals surface area contributed by atoms with Crippen molar-refractivity contribution >= 4 is 33.3 Å². The molecule has 4 nitrogen and oxygen atoms in total. The number of allylic oxidation sites excluding steroid dienone is 4. The van der Waals surface area contributed by atoms with E-state index in [9.17, 15) is 0 Å². The monoisotopic (exact) mass is 726 g/mol. The van der Waals surface area contributed by atoms with Crippen LogP contribution in [0.2, 0.25) is 44.8 Å². The highest BCUT2D eigenvalue weighted by Crippen LogP contribution is 2.80. The van der Waals surface area contributed by atoms with Gasteiger partial charge >= 0.3 is 0 Å². The summed E-state index contributed by atoms with van der Waals surface area (Å²) in [6.07, 6.45) is 30.3. The molecule has 0 spiro atoms. The van der Waals surface area contributed by atoms with Gasteiger partial charge in [-0.3, -0.25) is 0 Å². The molecule has 0 amide bonds. The molecule has 8 heteroatoms. The van der Waals surface area contributed by atoms with Crippen LogP contribution in [-0.4, -0.2) is 52.6 Å². The molecule has 2 aromatic rings. The maximum atomic E-state index is 5.02. The van der Waals surface area contributed by atoms with Crippen molar-refractivity contribution in [1.29, 1.82) is 0 Å². The van der Waals surface area contributed by atoms with Crippen LogP contribution in [0.25, 0.3) is 0 Å². The Morgan fingerprint density at radius 1 is 0.653 bits per heavy atom. The summed E-state index contributed by atoms with van der Waals surface area (Å²) in [5.41, 5.74) is 3.83. The molecule has 8 fully saturated rings. The lowest BCUT2D eigenvalue weighted by molar-refractivity contribution is 0.0187. The van der Waals surface area contributed by atoms with E-state index in [0.717, 1.165) is 47.2 Å². The molecule has 262 valence electrons. The average molecular weight is 727 g/mol. The highest BCUT2D eigenvalue weighted by molar-refractivity contribution is 7.61. The van der Waals surface area contributed by atoms with E-state index in [0.29, 0.717) is 15.9 Å². The Morgan fingerprint density at radius 3 is 1.35 bits per heavy atom. The van der Waals surface area contributed by atoms with Crippen LogP contribution in [0.1, 0.15) is 88.7 Å². The minimum absolute atomic E-state index is 0.205. The van der Waals surface area contributed by atoms with E-state index in [4.69, 9.17) is 19.9 Å². The molecule has 0 saturated heterocycles. The molecule has 2 atom stereocenters. The molecule has 9 aliphatic carbocycles. The molecule has 49 heavy (non-hydrogen) atoms. The number of nitrogens with zero attached hydrogens (tertiary/aromatic N) is 4. The summed E-state index contributed by atoms with van der Waals surface area (Å²) in [6.45, 7) is 15.8. The molecule has 0 aromatic carbocycles.